The van der Waals surface area contributed by atoms with Crippen LogP contribution in [0.15, 0.2) is 18.5 Å². The summed E-state index contributed by atoms with van der Waals surface area (Å²) in [5.41, 5.74) is 0.391. The third-order valence-electron chi connectivity index (χ3n) is 2.28. The normalized spacial score (nSPS) is 9.89. The number of nitrogens with zero attached hydrogens (tertiary/aromatic N) is 2. The van der Waals surface area contributed by atoms with Crippen LogP contribution in [0.5, 0.6) is 0 Å². The highest BCUT2D eigenvalue weighted by atomic mass is 16.4. The van der Waals surface area contributed by atoms with Crippen LogP contribution in [-0.4, -0.2) is 54.2 Å². The first-order chi connectivity index (χ1) is 8.54. The molecule has 2 amide bonds. The van der Waals surface area contributed by atoms with Gasteiger partial charge in [0.05, 0.1) is 17.4 Å². The number of aromatic nitrogens is 1. The van der Waals surface area contributed by atoms with E-state index in [4.69, 9.17) is 5.11 Å². The van der Waals surface area contributed by atoms with E-state index in [0.29, 0.717) is 18.8 Å². The van der Waals surface area contributed by atoms with Gasteiger partial charge in [0.1, 0.15) is 0 Å². The molecule has 0 unspecified atom stereocenters. The lowest BCUT2D eigenvalue weighted by molar-refractivity contribution is 0.0696. The minimum Gasteiger partial charge on any atom is -0.478 e. The second kappa shape index (κ2) is 6.55. The van der Waals surface area contributed by atoms with Crippen LogP contribution in [0.3, 0.4) is 0 Å². The molecule has 1 rings (SSSR count). The Balaban J connectivity index is 2.64. The number of amides is 2. The fourth-order valence-electron chi connectivity index (χ4n) is 1.23. The van der Waals surface area contributed by atoms with Gasteiger partial charge in [-0.2, -0.15) is 0 Å². The molecule has 7 nitrogen and oxygen atoms in total. The van der Waals surface area contributed by atoms with Crippen LogP contribution >= 0.6 is 0 Å². The number of carbonyl (C=O) groups is 2. The van der Waals surface area contributed by atoms with E-state index in [9.17, 15) is 9.59 Å². The lowest BCUT2D eigenvalue weighted by Gasteiger charge is -2.17. The predicted molar refractivity (Wildman–Crippen MR) is 66.8 cm³/mol. The molecule has 1 aromatic rings. The predicted octanol–water partition coefficient (Wildman–Crippen LogP) is 0.463. The Kier molecular flexibility index (Phi) is 5.06. The molecule has 3 N–H and O–H groups in total. The van der Waals surface area contributed by atoms with Gasteiger partial charge >= 0.3 is 12.0 Å². The molecule has 0 aliphatic heterocycles. The van der Waals surface area contributed by atoms with Gasteiger partial charge in [0.15, 0.2) is 0 Å². The summed E-state index contributed by atoms with van der Waals surface area (Å²) in [6.07, 6.45) is 2.62. The monoisotopic (exact) mass is 252 g/mol. The van der Waals surface area contributed by atoms with Crippen LogP contribution in [0, 0.1) is 0 Å². The molecule has 0 atom stereocenters. The third-order valence-corrected chi connectivity index (χ3v) is 2.28. The van der Waals surface area contributed by atoms with Crippen molar-refractivity contribution in [3.8, 4) is 0 Å². The molecule has 7 heteroatoms. The molecule has 0 saturated heterocycles. The van der Waals surface area contributed by atoms with Crippen molar-refractivity contribution in [3.63, 3.8) is 0 Å². The van der Waals surface area contributed by atoms with Gasteiger partial charge in [-0.1, -0.05) is 0 Å². The van der Waals surface area contributed by atoms with Crippen LogP contribution in [0.4, 0.5) is 10.5 Å². The molecule has 1 heterocycles. The highest BCUT2D eigenvalue weighted by molar-refractivity contribution is 5.92. The summed E-state index contributed by atoms with van der Waals surface area (Å²) in [5.74, 6) is -1.08. The Morgan fingerprint density at radius 2 is 2.17 bits per heavy atom. The molecule has 0 saturated carbocycles. The van der Waals surface area contributed by atoms with E-state index in [1.807, 2.05) is 0 Å². The number of hydrogen-bond acceptors (Lipinski definition) is 4. The van der Waals surface area contributed by atoms with E-state index in [1.165, 1.54) is 23.4 Å². The molecular formula is C11H16N4O3. The Morgan fingerprint density at radius 1 is 1.44 bits per heavy atom. The standard InChI is InChI=1S/C11H16N4O3/c1-12-3-4-15(2)11(18)14-9-5-8(10(16)17)6-13-7-9/h5-7,12H,3-4H2,1-2H3,(H,14,18)(H,16,17). The number of pyridine rings is 1. The quantitative estimate of drug-likeness (QED) is 0.707. The first-order valence-electron chi connectivity index (χ1n) is 5.39. The van der Waals surface area contributed by atoms with Gasteiger partial charge < -0.3 is 20.6 Å². The average Bonchev–Trinajstić information content (AvgIpc) is 2.36. The van der Waals surface area contributed by atoms with Crippen molar-refractivity contribution in [3.05, 3.63) is 24.0 Å². The molecule has 0 bridgehead atoms. The van der Waals surface area contributed by atoms with Gasteiger partial charge in [0, 0.05) is 26.3 Å². The minimum absolute atomic E-state index is 0.0330. The first-order valence-corrected chi connectivity index (χ1v) is 5.39. The summed E-state index contributed by atoms with van der Waals surface area (Å²) in [7, 11) is 3.45. The number of likely N-dealkylation sites (N-methyl/N-ethyl adjacent to an activating group) is 2. The van der Waals surface area contributed by atoms with Crippen molar-refractivity contribution in [1.29, 1.82) is 0 Å². The SMILES string of the molecule is CNCCN(C)C(=O)Nc1cncc(C(=O)O)c1. The van der Waals surface area contributed by atoms with Gasteiger partial charge in [0.25, 0.3) is 0 Å². The molecule has 18 heavy (non-hydrogen) atoms. The zero-order chi connectivity index (χ0) is 13.5. The van der Waals surface area contributed by atoms with Crippen molar-refractivity contribution < 1.29 is 14.7 Å². The number of urea groups is 1. The Hall–Kier alpha value is -2.15. The van der Waals surface area contributed by atoms with Gasteiger partial charge in [-0.15, -0.1) is 0 Å². The number of carboxylic acid groups (broad SMARTS) is 1. The maximum Gasteiger partial charge on any atom is 0.337 e. The maximum absolute atomic E-state index is 11.7. The first kappa shape index (κ1) is 13.9. The molecule has 1 aromatic heterocycles. The summed E-state index contributed by atoms with van der Waals surface area (Å²) in [4.78, 5) is 27.7. The fraction of sp³-hybridized carbons (Fsp3) is 0.364. The summed E-state index contributed by atoms with van der Waals surface area (Å²) in [5, 5.41) is 14.3. The van der Waals surface area contributed by atoms with E-state index >= 15 is 0 Å². The van der Waals surface area contributed by atoms with Crippen LogP contribution in [-0.2, 0) is 0 Å². The number of nitrogens with one attached hydrogen (secondary N) is 2. The second-order valence-electron chi connectivity index (χ2n) is 3.72. The highest BCUT2D eigenvalue weighted by Crippen LogP contribution is 2.08. The van der Waals surface area contributed by atoms with Crippen LogP contribution in [0.25, 0.3) is 0 Å². The molecular weight excluding hydrogens is 236 g/mol. The van der Waals surface area contributed by atoms with E-state index in [2.05, 4.69) is 15.6 Å². The molecule has 0 aromatic carbocycles. The summed E-state index contributed by atoms with van der Waals surface area (Å²) in [6, 6.07) is 1.05. The van der Waals surface area contributed by atoms with Gasteiger partial charge in [0.2, 0.25) is 0 Å². The largest absolute Gasteiger partial charge is 0.478 e. The van der Waals surface area contributed by atoms with Gasteiger partial charge in [-0.3, -0.25) is 4.98 Å². The lowest BCUT2D eigenvalue weighted by atomic mass is 10.2. The molecule has 0 aliphatic rings. The number of carboxylic acids is 1. The van der Waals surface area contributed by atoms with Crippen LogP contribution in [0.1, 0.15) is 10.4 Å². The summed E-state index contributed by atoms with van der Waals surface area (Å²) < 4.78 is 0. The van der Waals surface area contributed by atoms with Crippen molar-refractivity contribution >= 4 is 17.7 Å². The number of rotatable bonds is 5. The van der Waals surface area contributed by atoms with Crippen molar-refractivity contribution in [2.24, 2.45) is 0 Å². The van der Waals surface area contributed by atoms with Crippen LogP contribution < -0.4 is 10.6 Å². The maximum atomic E-state index is 11.7. The Bertz CT molecular complexity index is 436. The smallest absolute Gasteiger partial charge is 0.337 e. The number of anilines is 1. The van der Waals surface area contributed by atoms with E-state index < -0.39 is 5.97 Å². The molecule has 98 valence electrons. The van der Waals surface area contributed by atoms with E-state index in [-0.39, 0.29) is 11.6 Å². The highest BCUT2D eigenvalue weighted by Gasteiger charge is 2.10. The van der Waals surface area contributed by atoms with E-state index in [0.717, 1.165) is 0 Å². The van der Waals surface area contributed by atoms with Gasteiger partial charge in [-0.25, -0.2) is 9.59 Å². The number of carbonyl (C=O) groups excluding carboxylic acids is 1. The zero-order valence-corrected chi connectivity index (χ0v) is 10.3. The molecule has 0 aliphatic carbocycles. The zero-order valence-electron chi connectivity index (χ0n) is 10.3. The molecule has 0 fully saturated rings. The van der Waals surface area contributed by atoms with E-state index in [1.54, 1.807) is 14.1 Å². The minimum atomic E-state index is -1.08. The Labute approximate surface area is 105 Å². The van der Waals surface area contributed by atoms with Crippen molar-refractivity contribution in [2.75, 3.05) is 32.5 Å². The third kappa shape index (κ3) is 4.02. The number of hydrogen-bond donors (Lipinski definition) is 3. The summed E-state index contributed by atoms with van der Waals surface area (Å²) in [6.45, 7) is 1.23. The molecule has 0 radical (unpaired) electrons. The lowest BCUT2D eigenvalue weighted by Crippen LogP contribution is -2.35. The topological polar surface area (TPSA) is 94.6 Å². The van der Waals surface area contributed by atoms with Crippen molar-refractivity contribution in [2.45, 2.75) is 0 Å². The second-order valence-corrected chi connectivity index (χ2v) is 3.72. The van der Waals surface area contributed by atoms with Gasteiger partial charge in [-0.05, 0) is 13.1 Å². The Morgan fingerprint density at radius 3 is 2.78 bits per heavy atom. The van der Waals surface area contributed by atoms with Crippen LogP contribution in [0.2, 0.25) is 0 Å². The molecule has 0 spiro atoms. The number of aromatic carboxylic acids is 1. The van der Waals surface area contributed by atoms with Crippen molar-refractivity contribution in [1.82, 2.24) is 15.2 Å². The fourth-order valence-corrected chi connectivity index (χ4v) is 1.23. The average molecular weight is 252 g/mol. The summed E-state index contributed by atoms with van der Waals surface area (Å²) >= 11 is 0.